The SMILES string of the molecule is COc1cccc(NC(=O)[C@H]2CC(=O)OC23CCCCC3)c1. The second kappa shape index (κ2) is 5.99. The molecule has 5 nitrogen and oxygen atoms in total. The molecule has 1 saturated heterocycles. The van der Waals surface area contributed by atoms with Crippen LogP contribution in [0, 0.1) is 5.92 Å². The first-order chi connectivity index (χ1) is 10.6. The largest absolute Gasteiger partial charge is 0.497 e. The third-order valence-corrected chi connectivity index (χ3v) is 4.68. The number of amides is 1. The minimum Gasteiger partial charge on any atom is -0.497 e. The van der Waals surface area contributed by atoms with Crippen molar-refractivity contribution in [2.24, 2.45) is 5.92 Å². The van der Waals surface area contributed by atoms with Crippen LogP contribution in [0.2, 0.25) is 0 Å². The molecule has 2 aliphatic rings. The van der Waals surface area contributed by atoms with Gasteiger partial charge >= 0.3 is 5.97 Å². The number of benzene rings is 1. The Kier molecular flexibility index (Phi) is 4.05. The molecule has 1 spiro atoms. The lowest BCUT2D eigenvalue weighted by atomic mass is 9.75. The molecule has 3 rings (SSSR count). The summed E-state index contributed by atoms with van der Waals surface area (Å²) in [6, 6.07) is 7.22. The monoisotopic (exact) mass is 303 g/mol. The van der Waals surface area contributed by atoms with Gasteiger partial charge in [0.15, 0.2) is 0 Å². The van der Waals surface area contributed by atoms with Crippen molar-refractivity contribution in [1.29, 1.82) is 0 Å². The molecule has 0 radical (unpaired) electrons. The molecule has 1 aromatic rings. The number of carbonyl (C=O) groups excluding carboxylic acids is 2. The Morgan fingerprint density at radius 1 is 1.32 bits per heavy atom. The smallest absolute Gasteiger partial charge is 0.307 e. The molecule has 0 aromatic heterocycles. The van der Waals surface area contributed by atoms with Gasteiger partial charge in [-0.25, -0.2) is 0 Å². The van der Waals surface area contributed by atoms with Crippen molar-refractivity contribution in [3.8, 4) is 5.75 Å². The van der Waals surface area contributed by atoms with Crippen LogP contribution in [0.25, 0.3) is 0 Å². The third kappa shape index (κ3) is 2.80. The summed E-state index contributed by atoms with van der Waals surface area (Å²) >= 11 is 0. The standard InChI is InChI=1S/C17H21NO4/c1-21-13-7-5-6-12(10-13)18-16(20)14-11-15(19)22-17(14)8-3-2-4-9-17/h5-7,10,14H,2-4,8-9,11H2,1H3,(H,18,20)/t14-/m1/s1. The number of ether oxygens (including phenoxy) is 2. The molecule has 1 heterocycles. The van der Waals surface area contributed by atoms with E-state index >= 15 is 0 Å². The van der Waals surface area contributed by atoms with Crippen LogP contribution in [0.15, 0.2) is 24.3 Å². The van der Waals surface area contributed by atoms with E-state index in [2.05, 4.69) is 5.32 Å². The first-order valence-corrected chi connectivity index (χ1v) is 7.80. The van der Waals surface area contributed by atoms with Crippen LogP contribution in [0.5, 0.6) is 5.75 Å². The summed E-state index contributed by atoms with van der Waals surface area (Å²) in [6.07, 6.45) is 4.91. The molecule has 5 heteroatoms. The molecular formula is C17H21NO4. The number of nitrogens with one attached hydrogen (secondary N) is 1. The number of carbonyl (C=O) groups is 2. The number of hydrogen-bond acceptors (Lipinski definition) is 4. The van der Waals surface area contributed by atoms with Crippen LogP contribution >= 0.6 is 0 Å². The van der Waals surface area contributed by atoms with E-state index in [0.29, 0.717) is 11.4 Å². The minimum absolute atomic E-state index is 0.138. The molecular weight excluding hydrogens is 282 g/mol. The Morgan fingerprint density at radius 3 is 2.82 bits per heavy atom. The van der Waals surface area contributed by atoms with Gasteiger partial charge in [0.25, 0.3) is 0 Å². The maximum atomic E-state index is 12.6. The summed E-state index contributed by atoms with van der Waals surface area (Å²) in [5, 5.41) is 2.90. The van der Waals surface area contributed by atoms with Gasteiger partial charge in [-0.1, -0.05) is 12.5 Å². The highest BCUT2D eigenvalue weighted by atomic mass is 16.6. The lowest BCUT2D eigenvalue weighted by Gasteiger charge is -2.36. The van der Waals surface area contributed by atoms with Gasteiger partial charge in [-0.3, -0.25) is 9.59 Å². The van der Waals surface area contributed by atoms with Crippen molar-refractivity contribution >= 4 is 17.6 Å². The van der Waals surface area contributed by atoms with Crippen molar-refractivity contribution < 1.29 is 19.1 Å². The maximum Gasteiger partial charge on any atom is 0.307 e. The molecule has 118 valence electrons. The first-order valence-electron chi connectivity index (χ1n) is 7.80. The van der Waals surface area contributed by atoms with Crippen molar-refractivity contribution in [2.45, 2.75) is 44.1 Å². The Labute approximate surface area is 130 Å². The summed E-state index contributed by atoms with van der Waals surface area (Å²) in [6.45, 7) is 0. The molecule has 0 bridgehead atoms. The third-order valence-electron chi connectivity index (χ3n) is 4.68. The van der Waals surface area contributed by atoms with Crippen molar-refractivity contribution in [3.05, 3.63) is 24.3 Å². The van der Waals surface area contributed by atoms with Gasteiger partial charge in [0.1, 0.15) is 11.4 Å². The Morgan fingerprint density at radius 2 is 2.09 bits per heavy atom. The van der Waals surface area contributed by atoms with Crippen LogP contribution in [0.1, 0.15) is 38.5 Å². The zero-order chi connectivity index (χ0) is 15.6. The highest BCUT2D eigenvalue weighted by Crippen LogP contribution is 2.44. The molecule has 2 fully saturated rings. The van der Waals surface area contributed by atoms with E-state index in [0.717, 1.165) is 32.1 Å². The number of rotatable bonds is 3. The second-order valence-corrected chi connectivity index (χ2v) is 6.08. The molecule has 1 saturated carbocycles. The Bertz CT molecular complexity index is 578. The summed E-state index contributed by atoms with van der Waals surface area (Å²) in [5.41, 5.74) is 0.0906. The van der Waals surface area contributed by atoms with Crippen molar-refractivity contribution in [3.63, 3.8) is 0 Å². The van der Waals surface area contributed by atoms with Gasteiger partial charge in [0, 0.05) is 11.8 Å². The number of hydrogen-bond donors (Lipinski definition) is 1. The number of anilines is 1. The molecule has 1 amide bonds. The van der Waals surface area contributed by atoms with E-state index < -0.39 is 11.5 Å². The predicted octanol–water partition coefficient (Wildman–Crippen LogP) is 2.90. The van der Waals surface area contributed by atoms with Gasteiger partial charge in [-0.05, 0) is 37.8 Å². The lowest BCUT2D eigenvalue weighted by Crippen LogP contribution is -2.43. The van der Waals surface area contributed by atoms with E-state index in [1.165, 1.54) is 0 Å². The molecule has 1 atom stereocenters. The number of methoxy groups -OCH3 is 1. The van der Waals surface area contributed by atoms with E-state index in [1.54, 1.807) is 13.2 Å². The van der Waals surface area contributed by atoms with Crippen molar-refractivity contribution in [1.82, 2.24) is 0 Å². The van der Waals surface area contributed by atoms with Crippen LogP contribution < -0.4 is 10.1 Å². The summed E-state index contributed by atoms with van der Waals surface area (Å²) in [4.78, 5) is 24.4. The molecule has 0 unspecified atom stereocenters. The second-order valence-electron chi connectivity index (χ2n) is 6.08. The highest BCUT2D eigenvalue weighted by molar-refractivity contribution is 5.97. The Hall–Kier alpha value is -2.04. The van der Waals surface area contributed by atoms with Gasteiger partial charge in [0.2, 0.25) is 5.91 Å². The van der Waals surface area contributed by atoms with E-state index in [4.69, 9.17) is 9.47 Å². The van der Waals surface area contributed by atoms with Gasteiger partial charge < -0.3 is 14.8 Å². The first kappa shape index (κ1) is 14.9. The zero-order valence-electron chi connectivity index (χ0n) is 12.8. The molecule has 1 aliphatic carbocycles. The average Bonchev–Trinajstić information content (AvgIpc) is 2.84. The summed E-state index contributed by atoms with van der Waals surface area (Å²) in [7, 11) is 1.58. The molecule has 22 heavy (non-hydrogen) atoms. The fraction of sp³-hybridized carbons (Fsp3) is 0.529. The van der Waals surface area contributed by atoms with Crippen molar-refractivity contribution in [2.75, 3.05) is 12.4 Å². The quantitative estimate of drug-likeness (QED) is 0.872. The van der Waals surface area contributed by atoms with E-state index in [9.17, 15) is 9.59 Å². The zero-order valence-corrected chi connectivity index (χ0v) is 12.8. The lowest BCUT2D eigenvalue weighted by molar-refractivity contribution is -0.153. The van der Waals surface area contributed by atoms with Crippen LogP contribution in [-0.4, -0.2) is 24.6 Å². The normalized spacial score (nSPS) is 23.1. The molecule has 1 aromatic carbocycles. The highest BCUT2D eigenvalue weighted by Gasteiger charge is 2.52. The molecule has 1 aliphatic heterocycles. The fourth-order valence-electron chi connectivity index (χ4n) is 3.55. The minimum atomic E-state index is -0.585. The topological polar surface area (TPSA) is 64.6 Å². The van der Waals surface area contributed by atoms with E-state index in [1.807, 2.05) is 18.2 Å². The van der Waals surface area contributed by atoms with Crippen LogP contribution in [0.3, 0.4) is 0 Å². The fourth-order valence-corrected chi connectivity index (χ4v) is 3.55. The molecule has 1 N–H and O–H groups in total. The van der Waals surface area contributed by atoms with E-state index in [-0.39, 0.29) is 18.3 Å². The van der Waals surface area contributed by atoms with Gasteiger partial charge in [-0.2, -0.15) is 0 Å². The van der Waals surface area contributed by atoms with Crippen LogP contribution in [0.4, 0.5) is 5.69 Å². The Balaban J connectivity index is 1.76. The van der Waals surface area contributed by atoms with Gasteiger partial charge in [0.05, 0.1) is 19.4 Å². The summed E-state index contributed by atoms with van der Waals surface area (Å²) < 4.78 is 10.7. The van der Waals surface area contributed by atoms with Gasteiger partial charge in [-0.15, -0.1) is 0 Å². The predicted molar refractivity (Wildman–Crippen MR) is 81.6 cm³/mol. The van der Waals surface area contributed by atoms with Crippen LogP contribution in [-0.2, 0) is 14.3 Å². The maximum absolute atomic E-state index is 12.6. The average molecular weight is 303 g/mol. The summed E-state index contributed by atoms with van der Waals surface area (Å²) in [5.74, 6) is -0.107. The number of esters is 1.